The lowest BCUT2D eigenvalue weighted by Crippen LogP contribution is -2.55. The second-order valence-electron chi connectivity index (χ2n) is 7.05. The zero-order valence-electron chi connectivity index (χ0n) is 15.1. The lowest BCUT2D eigenvalue weighted by molar-refractivity contribution is -0.232. The zero-order chi connectivity index (χ0) is 21.9. The third-order valence-corrected chi connectivity index (χ3v) is 5.23. The molecule has 3 aromatic rings. The maximum Gasteiger partial charge on any atom is 0.204 e. The molecule has 2 aromatic carbocycles. The van der Waals surface area contributed by atoms with E-state index in [-0.39, 0.29) is 16.6 Å². The molecule has 5 atom stereocenters. The Morgan fingerprint density at radius 1 is 0.833 bits per heavy atom. The third kappa shape index (κ3) is 2.83. The van der Waals surface area contributed by atoms with Gasteiger partial charge in [-0.05, 0) is 6.07 Å². The van der Waals surface area contributed by atoms with Gasteiger partial charge in [0.15, 0.2) is 11.5 Å². The highest BCUT2D eigenvalue weighted by molar-refractivity contribution is 5.96. The van der Waals surface area contributed by atoms with Crippen LogP contribution in [0.25, 0.3) is 21.9 Å². The monoisotopic (exact) mass is 422 g/mol. The first-order chi connectivity index (χ1) is 14.1. The Kier molecular flexibility index (Phi) is 4.71. The van der Waals surface area contributed by atoms with Gasteiger partial charge >= 0.3 is 0 Å². The van der Waals surface area contributed by atoms with E-state index < -0.39 is 76.5 Å². The molecule has 1 unspecified atom stereocenters. The first-order valence-corrected chi connectivity index (χ1v) is 8.83. The standard InChI is InChI=1S/C19H18O11/c20-4-11-15(25)17(27)18(28)19(30-11)12-8(23)3-10-13(16(12)26)14(24)5-1-6(21)7(22)2-9(5)29-10/h1-3,11,15,17-23,25-28H,4H2/t11-,15-,17+,18+,19?/m1/s1. The van der Waals surface area contributed by atoms with Crippen LogP contribution in [0.2, 0.25) is 0 Å². The second kappa shape index (κ2) is 7.00. The van der Waals surface area contributed by atoms with Crippen LogP contribution in [0.1, 0.15) is 11.7 Å². The molecule has 11 nitrogen and oxygen atoms in total. The van der Waals surface area contributed by atoms with Crippen molar-refractivity contribution in [2.24, 2.45) is 0 Å². The molecule has 1 aliphatic rings. The van der Waals surface area contributed by atoms with Gasteiger partial charge in [0.2, 0.25) is 5.43 Å². The van der Waals surface area contributed by atoms with Crippen LogP contribution in [-0.2, 0) is 4.74 Å². The Morgan fingerprint density at radius 2 is 1.47 bits per heavy atom. The van der Waals surface area contributed by atoms with Gasteiger partial charge in [0.1, 0.15) is 58.6 Å². The molecule has 30 heavy (non-hydrogen) atoms. The normalized spacial score (nSPS) is 27.0. The smallest absolute Gasteiger partial charge is 0.204 e. The second-order valence-corrected chi connectivity index (χ2v) is 7.05. The quantitative estimate of drug-likeness (QED) is 0.191. The molecule has 0 aliphatic carbocycles. The number of hydrogen-bond donors (Lipinski definition) is 8. The number of benzene rings is 2. The van der Waals surface area contributed by atoms with E-state index >= 15 is 0 Å². The number of aromatic hydroxyl groups is 4. The highest BCUT2D eigenvalue weighted by atomic mass is 16.5. The lowest BCUT2D eigenvalue weighted by atomic mass is 9.89. The van der Waals surface area contributed by atoms with Crippen LogP contribution >= 0.6 is 0 Å². The summed E-state index contributed by atoms with van der Waals surface area (Å²) >= 11 is 0. The van der Waals surface area contributed by atoms with E-state index in [9.17, 15) is 45.6 Å². The van der Waals surface area contributed by atoms with Gasteiger partial charge in [-0.3, -0.25) is 4.79 Å². The van der Waals surface area contributed by atoms with Gasteiger partial charge < -0.3 is 50.0 Å². The molecule has 2 heterocycles. The molecule has 160 valence electrons. The Labute approximate surface area is 166 Å². The van der Waals surface area contributed by atoms with Gasteiger partial charge in [0, 0.05) is 12.1 Å². The van der Waals surface area contributed by atoms with Gasteiger partial charge in [0.05, 0.1) is 17.6 Å². The fourth-order valence-electron chi connectivity index (χ4n) is 3.64. The molecule has 1 aromatic heterocycles. The van der Waals surface area contributed by atoms with Crippen molar-refractivity contribution in [1.82, 2.24) is 0 Å². The van der Waals surface area contributed by atoms with Gasteiger partial charge in [-0.25, -0.2) is 0 Å². The highest BCUT2D eigenvalue weighted by Crippen LogP contribution is 2.45. The van der Waals surface area contributed by atoms with Crippen LogP contribution in [0.5, 0.6) is 23.0 Å². The van der Waals surface area contributed by atoms with Gasteiger partial charge in [-0.1, -0.05) is 0 Å². The third-order valence-electron chi connectivity index (χ3n) is 5.23. The fourth-order valence-corrected chi connectivity index (χ4v) is 3.64. The van der Waals surface area contributed by atoms with Crippen LogP contribution in [-0.4, -0.2) is 71.9 Å². The van der Waals surface area contributed by atoms with Crippen molar-refractivity contribution in [3.05, 3.63) is 34.0 Å². The number of aliphatic hydroxyl groups is 4. The van der Waals surface area contributed by atoms with Crippen molar-refractivity contribution in [2.45, 2.75) is 30.5 Å². The predicted molar refractivity (Wildman–Crippen MR) is 99.4 cm³/mol. The number of aliphatic hydroxyl groups excluding tert-OH is 4. The molecule has 8 N–H and O–H groups in total. The SMILES string of the molecule is O=c1c2cc(O)c(O)cc2oc2cc(O)c(C3O[C@H](CO)[C@@H](O)[C@H](O)[C@@H]3O)c(O)c12. The van der Waals surface area contributed by atoms with E-state index in [1.807, 2.05) is 0 Å². The van der Waals surface area contributed by atoms with E-state index in [1.165, 1.54) is 0 Å². The van der Waals surface area contributed by atoms with Gasteiger partial charge in [-0.2, -0.15) is 0 Å². The molecule has 0 bridgehead atoms. The Hall–Kier alpha value is -3.09. The summed E-state index contributed by atoms with van der Waals surface area (Å²) in [4.78, 5) is 12.9. The molecule has 4 rings (SSSR count). The summed E-state index contributed by atoms with van der Waals surface area (Å²) in [6.07, 6.45) is -8.16. The van der Waals surface area contributed by atoms with Crippen LogP contribution in [0.4, 0.5) is 0 Å². The molecule has 11 heteroatoms. The summed E-state index contributed by atoms with van der Waals surface area (Å²) < 4.78 is 10.8. The van der Waals surface area contributed by atoms with E-state index in [2.05, 4.69) is 0 Å². The van der Waals surface area contributed by atoms with Crippen molar-refractivity contribution in [2.75, 3.05) is 6.61 Å². The predicted octanol–water partition coefficient (Wildman–Crippen LogP) is -0.717. The average Bonchev–Trinajstić information content (AvgIpc) is 2.69. The molecule has 1 saturated heterocycles. The fraction of sp³-hybridized carbons (Fsp3) is 0.316. The van der Waals surface area contributed by atoms with Crippen LogP contribution in [0, 0.1) is 0 Å². The first-order valence-electron chi connectivity index (χ1n) is 8.83. The molecule has 1 fully saturated rings. The number of hydrogen-bond acceptors (Lipinski definition) is 11. The maximum atomic E-state index is 12.9. The zero-order valence-corrected chi connectivity index (χ0v) is 15.1. The number of ether oxygens (including phenoxy) is 1. The van der Waals surface area contributed by atoms with E-state index in [1.54, 1.807) is 0 Å². The minimum Gasteiger partial charge on any atom is -0.507 e. The lowest BCUT2D eigenvalue weighted by Gasteiger charge is -2.40. The Bertz CT molecular complexity index is 1200. The molecule has 0 amide bonds. The highest BCUT2D eigenvalue weighted by Gasteiger charge is 2.46. The van der Waals surface area contributed by atoms with E-state index in [4.69, 9.17) is 9.15 Å². The summed E-state index contributed by atoms with van der Waals surface area (Å²) in [6, 6.07) is 2.90. The summed E-state index contributed by atoms with van der Waals surface area (Å²) in [5.74, 6) is -2.62. The minimum absolute atomic E-state index is 0.123. The van der Waals surface area contributed by atoms with Crippen molar-refractivity contribution in [3.63, 3.8) is 0 Å². The van der Waals surface area contributed by atoms with Crippen LogP contribution < -0.4 is 5.43 Å². The first kappa shape index (κ1) is 20.2. The number of fused-ring (bicyclic) bond motifs is 2. The van der Waals surface area contributed by atoms with E-state index in [0.29, 0.717) is 0 Å². The Balaban J connectivity index is 1.98. The van der Waals surface area contributed by atoms with Crippen molar-refractivity contribution >= 4 is 21.9 Å². The summed E-state index contributed by atoms with van der Waals surface area (Å²) in [5.41, 5.74) is -1.66. The number of rotatable bonds is 2. The summed E-state index contributed by atoms with van der Waals surface area (Å²) in [7, 11) is 0. The molecular weight excluding hydrogens is 404 g/mol. The topological polar surface area (TPSA) is 201 Å². The molecule has 0 saturated carbocycles. The van der Waals surface area contributed by atoms with E-state index in [0.717, 1.165) is 18.2 Å². The number of phenolic OH excluding ortho intramolecular Hbond substituents is 4. The molecule has 0 radical (unpaired) electrons. The largest absolute Gasteiger partial charge is 0.507 e. The van der Waals surface area contributed by atoms with Crippen LogP contribution in [0.15, 0.2) is 27.4 Å². The molecular formula is C19H18O11. The summed E-state index contributed by atoms with van der Waals surface area (Å²) in [5, 5.41) is 79.4. The van der Waals surface area contributed by atoms with Gasteiger partial charge in [-0.15, -0.1) is 0 Å². The summed E-state index contributed by atoms with van der Waals surface area (Å²) in [6.45, 7) is -0.730. The van der Waals surface area contributed by atoms with Gasteiger partial charge in [0.25, 0.3) is 0 Å². The molecule has 0 spiro atoms. The van der Waals surface area contributed by atoms with Crippen molar-refractivity contribution in [1.29, 1.82) is 0 Å². The van der Waals surface area contributed by atoms with Crippen molar-refractivity contribution in [3.8, 4) is 23.0 Å². The Morgan fingerprint density at radius 3 is 2.13 bits per heavy atom. The average molecular weight is 422 g/mol. The van der Waals surface area contributed by atoms with Crippen molar-refractivity contribution < 1.29 is 50.0 Å². The number of phenols is 4. The maximum absolute atomic E-state index is 12.9. The minimum atomic E-state index is -1.81. The van der Waals surface area contributed by atoms with Crippen LogP contribution in [0.3, 0.4) is 0 Å². The molecule has 1 aliphatic heterocycles.